The summed E-state index contributed by atoms with van der Waals surface area (Å²) in [7, 11) is 3.28. The van der Waals surface area contributed by atoms with Crippen LogP contribution < -0.4 is 5.32 Å². The van der Waals surface area contributed by atoms with Crippen molar-refractivity contribution in [2.75, 3.05) is 27.2 Å². The van der Waals surface area contributed by atoms with Gasteiger partial charge in [-0.05, 0) is 34.0 Å². The van der Waals surface area contributed by atoms with Crippen LogP contribution >= 0.6 is 0 Å². The first kappa shape index (κ1) is 12.7. The minimum atomic E-state index is -4.09. The molecule has 0 aliphatic heterocycles. The van der Waals surface area contributed by atoms with E-state index < -0.39 is 12.7 Å². The summed E-state index contributed by atoms with van der Waals surface area (Å²) < 4.78 is 35.6. The van der Waals surface area contributed by atoms with E-state index in [1.807, 2.05) is 6.92 Å². The molecule has 0 aromatic carbocycles. The van der Waals surface area contributed by atoms with E-state index in [0.717, 1.165) is 6.42 Å². The van der Waals surface area contributed by atoms with Crippen molar-refractivity contribution in [3.63, 3.8) is 0 Å². The standard InChI is InChI=1S/C8H17F3N2/c1-7(12-2)4-5-13(3)6-8(9,10)11/h7,12H,4-6H2,1-3H3. The quantitative estimate of drug-likeness (QED) is 0.719. The second kappa shape index (κ2) is 5.44. The molecule has 0 amide bonds. The Morgan fingerprint density at radius 3 is 2.31 bits per heavy atom. The van der Waals surface area contributed by atoms with Gasteiger partial charge < -0.3 is 5.32 Å². The summed E-state index contributed by atoms with van der Waals surface area (Å²) in [6.45, 7) is 1.58. The molecule has 1 unspecified atom stereocenters. The summed E-state index contributed by atoms with van der Waals surface area (Å²) in [4.78, 5) is 1.29. The van der Waals surface area contributed by atoms with E-state index in [-0.39, 0.29) is 6.04 Å². The highest BCUT2D eigenvalue weighted by molar-refractivity contribution is 4.63. The Morgan fingerprint density at radius 1 is 1.38 bits per heavy atom. The molecule has 0 fully saturated rings. The molecule has 0 saturated heterocycles. The van der Waals surface area contributed by atoms with E-state index in [4.69, 9.17) is 0 Å². The summed E-state index contributed by atoms with van der Waals surface area (Å²) >= 11 is 0. The van der Waals surface area contributed by atoms with Gasteiger partial charge in [-0.15, -0.1) is 0 Å². The lowest BCUT2D eigenvalue weighted by atomic mass is 10.2. The molecule has 0 saturated carbocycles. The minimum absolute atomic E-state index is 0.260. The smallest absolute Gasteiger partial charge is 0.317 e. The van der Waals surface area contributed by atoms with E-state index in [2.05, 4.69) is 5.32 Å². The lowest BCUT2D eigenvalue weighted by molar-refractivity contribution is -0.143. The van der Waals surface area contributed by atoms with Gasteiger partial charge in [-0.25, -0.2) is 0 Å². The highest BCUT2D eigenvalue weighted by Crippen LogP contribution is 2.15. The molecule has 0 spiro atoms. The molecule has 5 heteroatoms. The van der Waals surface area contributed by atoms with Crippen LogP contribution in [0, 0.1) is 0 Å². The van der Waals surface area contributed by atoms with Crippen LogP contribution in [0.5, 0.6) is 0 Å². The first-order valence-corrected chi connectivity index (χ1v) is 4.27. The third-order valence-electron chi connectivity index (χ3n) is 1.89. The van der Waals surface area contributed by atoms with Crippen molar-refractivity contribution in [1.29, 1.82) is 0 Å². The van der Waals surface area contributed by atoms with Crippen LogP contribution in [0.25, 0.3) is 0 Å². The number of alkyl halides is 3. The Labute approximate surface area is 77.1 Å². The van der Waals surface area contributed by atoms with Crippen LogP contribution in [0.3, 0.4) is 0 Å². The molecule has 0 heterocycles. The van der Waals surface area contributed by atoms with Crippen molar-refractivity contribution in [2.24, 2.45) is 0 Å². The number of nitrogens with zero attached hydrogens (tertiary/aromatic N) is 1. The van der Waals surface area contributed by atoms with Crippen molar-refractivity contribution >= 4 is 0 Å². The number of halogens is 3. The van der Waals surface area contributed by atoms with Gasteiger partial charge in [0, 0.05) is 6.04 Å². The molecule has 0 bridgehead atoms. The fourth-order valence-electron chi connectivity index (χ4n) is 0.943. The molecular weight excluding hydrogens is 181 g/mol. The maximum absolute atomic E-state index is 11.9. The van der Waals surface area contributed by atoms with Gasteiger partial charge in [-0.2, -0.15) is 13.2 Å². The normalized spacial score (nSPS) is 15.0. The van der Waals surface area contributed by atoms with Gasteiger partial charge in [-0.1, -0.05) is 0 Å². The van der Waals surface area contributed by atoms with Crippen LogP contribution in [0.4, 0.5) is 13.2 Å². The first-order valence-electron chi connectivity index (χ1n) is 4.27. The molecule has 0 aliphatic rings. The van der Waals surface area contributed by atoms with Gasteiger partial charge in [0.05, 0.1) is 6.54 Å². The van der Waals surface area contributed by atoms with Gasteiger partial charge >= 0.3 is 6.18 Å². The largest absolute Gasteiger partial charge is 0.401 e. The van der Waals surface area contributed by atoms with Gasteiger partial charge in [0.1, 0.15) is 0 Å². The number of hydrogen-bond acceptors (Lipinski definition) is 2. The molecule has 80 valence electrons. The zero-order valence-electron chi connectivity index (χ0n) is 8.28. The summed E-state index contributed by atoms with van der Waals surface area (Å²) in [5.41, 5.74) is 0. The SMILES string of the molecule is CNC(C)CCN(C)CC(F)(F)F. The van der Waals surface area contributed by atoms with Crippen molar-refractivity contribution in [3.8, 4) is 0 Å². The third-order valence-corrected chi connectivity index (χ3v) is 1.89. The van der Waals surface area contributed by atoms with Crippen LogP contribution in [0.15, 0.2) is 0 Å². The number of nitrogens with one attached hydrogen (secondary N) is 1. The van der Waals surface area contributed by atoms with Crippen molar-refractivity contribution < 1.29 is 13.2 Å². The monoisotopic (exact) mass is 198 g/mol. The predicted molar refractivity (Wildman–Crippen MR) is 46.7 cm³/mol. The van der Waals surface area contributed by atoms with E-state index in [9.17, 15) is 13.2 Å². The first-order chi connectivity index (χ1) is 5.85. The molecule has 0 aliphatic carbocycles. The summed E-state index contributed by atoms with van der Waals surface area (Å²) in [5.74, 6) is 0. The lowest BCUT2D eigenvalue weighted by Gasteiger charge is -2.20. The second-order valence-electron chi connectivity index (χ2n) is 3.33. The van der Waals surface area contributed by atoms with Gasteiger partial charge in [0.2, 0.25) is 0 Å². The predicted octanol–water partition coefficient (Wildman–Crippen LogP) is 1.48. The molecule has 1 atom stereocenters. The maximum Gasteiger partial charge on any atom is 0.401 e. The molecular formula is C8H17F3N2. The lowest BCUT2D eigenvalue weighted by Crippen LogP contribution is -2.34. The van der Waals surface area contributed by atoms with Crippen LogP contribution in [-0.4, -0.2) is 44.3 Å². The summed E-state index contributed by atoms with van der Waals surface area (Å²) in [6, 6.07) is 0.260. The third kappa shape index (κ3) is 8.05. The van der Waals surface area contributed by atoms with E-state index in [1.54, 1.807) is 7.05 Å². The summed E-state index contributed by atoms with van der Waals surface area (Å²) in [6.07, 6.45) is -3.36. The number of hydrogen-bond donors (Lipinski definition) is 1. The average molecular weight is 198 g/mol. The average Bonchev–Trinajstić information content (AvgIpc) is 1.97. The number of rotatable bonds is 5. The Morgan fingerprint density at radius 2 is 1.92 bits per heavy atom. The molecule has 0 aromatic heterocycles. The zero-order valence-corrected chi connectivity index (χ0v) is 8.28. The van der Waals surface area contributed by atoms with Gasteiger partial charge in [0.25, 0.3) is 0 Å². The van der Waals surface area contributed by atoms with Gasteiger partial charge in [0.15, 0.2) is 0 Å². The van der Waals surface area contributed by atoms with E-state index >= 15 is 0 Å². The Kier molecular flexibility index (Phi) is 5.32. The summed E-state index contributed by atoms with van der Waals surface area (Å²) in [5, 5.41) is 2.98. The zero-order chi connectivity index (χ0) is 10.5. The van der Waals surface area contributed by atoms with Crippen LogP contribution in [0.2, 0.25) is 0 Å². The Balaban J connectivity index is 3.57. The fourth-order valence-corrected chi connectivity index (χ4v) is 0.943. The van der Waals surface area contributed by atoms with Crippen LogP contribution in [0.1, 0.15) is 13.3 Å². The molecule has 0 aromatic rings. The Bertz CT molecular complexity index is 136. The fraction of sp³-hybridized carbons (Fsp3) is 1.00. The molecule has 1 N–H and O–H groups in total. The van der Waals surface area contributed by atoms with Crippen molar-refractivity contribution in [2.45, 2.75) is 25.6 Å². The highest BCUT2D eigenvalue weighted by Gasteiger charge is 2.28. The Hall–Kier alpha value is -0.290. The van der Waals surface area contributed by atoms with Crippen LogP contribution in [-0.2, 0) is 0 Å². The molecule has 0 rings (SSSR count). The van der Waals surface area contributed by atoms with Gasteiger partial charge in [-0.3, -0.25) is 4.90 Å². The highest BCUT2D eigenvalue weighted by atomic mass is 19.4. The second-order valence-corrected chi connectivity index (χ2v) is 3.33. The molecule has 13 heavy (non-hydrogen) atoms. The molecule has 0 radical (unpaired) electrons. The van der Waals surface area contributed by atoms with Crippen molar-refractivity contribution in [3.05, 3.63) is 0 Å². The molecule has 2 nitrogen and oxygen atoms in total. The van der Waals surface area contributed by atoms with E-state index in [0.29, 0.717) is 6.54 Å². The maximum atomic E-state index is 11.9. The van der Waals surface area contributed by atoms with Crippen molar-refractivity contribution in [1.82, 2.24) is 10.2 Å². The van der Waals surface area contributed by atoms with E-state index in [1.165, 1.54) is 11.9 Å². The topological polar surface area (TPSA) is 15.3 Å². The minimum Gasteiger partial charge on any atom is -0.317 e.